The average Bonchev–Trinajstić information content (AvgIpc) is 2.60. The van der Waals surface area contributed by atoms with Crippen molar-refractivity contribution in [3.8, 4) is 6.07 Å². The third kappa shape index (κ3) is 1.24. The van der Waals surface area contributed by atoms with Gasteiger partial charge in [-0.3, -0.25) is 0 Å². The van der Waals surface area contributed by atoms with E-state index in [0.717, 1.165) is 16.8 Å². The monoisotopic (exact) mass is 202 g/mol. The van der Waals surface area contributed by atoms with Crippen molar-refractivity contribution in [1.29, 1.82) is 5.26 Å². The number of nitriles is 1. The minimum atomic E-state index is 0.392. The summed E-state index contributed by atoms with van der Waals surface area (Å²) in [6.45, 7) is 2.03. The van der Waals surface area contributed by atoms with Crippen LogP contribution in [-0.4, -0.2) is 0 Å². The molecule has 1 heterocycles. The maximum absolute atomic E-state index is 8.69. The molecule has 0 aliphatic rings. The topological polar surface area (TPSA) is 49.8 Å². The summed E-state index contributed by atoms with van der Waals surface area (Å²) in [5.74, 6) is 0. The molecule has 0 unspecified atom stereocenters. The van der Waals surface area contributed by atoms with Crippen LogP contribution >= 0.6 is 11.3 Å². The van der Waals surface area contributed by atoms with Crippen molar-refractivity contribution in [3.05, 3.63) is 28.6 Å². The molecule has 0 aliphatic heterocycles. The first-order chi connectivity index (χ1) is 6.74. The number of thiophene rings is 1. The predicted octanol–water partition coefficient (Wildman–Crippen LogP) is 2.86. The van der Waals surface area contributed by atoms with Crippen LogP contribution in [0.2, 0.25) is 0 Å². The third-order valence-electron chi connectivity index (χ3n) is 2.44. The molecule has 0 amide bonds. The van der Waals surface area contributed by atoms with Crippen molar-refractivity contribution in [1.82, 2.24) is 0 Å². The summed E-state index contributed by atoms with van der Waals surface area (Å²) in [6.07, 6.45) is 0.392. The van der Waals surface area contributed by atoms with Gasteiger partial charge in [-0.2, -0.15) is 5.26 Å². The summed E-state index contributed by atoms with van der Waals surface area (Å²) in [6, 6.07) is 6.18. The van der Waals surface area contributed by atoms with Crippen molar-refractivity contribution in [2.24, 2.45) is 0 Å². The lowest BCUT2D eigenvalue weighted by atomic mass is 10.0. The molecule has 1 aromatic carbocycles. The minimum Gasteiger partial charge on any atom is -0.398 e. The Morgan fingerprint density at radius 1 is 1.57 bits per heavy atom. The summed E-state index contributed by atoms with van der Waals surface area (Å²) in [4.78, 5) is 0. The lowest BCUT2D eigenvalue weighted by molar-refractivity contribution is 1.24. The molecule has 0 atom stereocenters. The fourth-order valence-electron chi connectivity index (χ4n) is 1.66. The summed E-state index contributed by atoms with van der Waals surface area (Å²) in [5.41, 5.74) is 8.74. The van der Waals surface area contributed by atoms with Crippen LogP contribution in [-0.2, 0) is 6.42 Å². The van der Waals surface area contributed by atoms with E-state index in [1.54, 1.807) is 11.3 Å². The Kier molecular flexibility index (Phi) is 2.14. The van der Waals surface area contributed by atoms with Gasteiger partial charge < -0.3 is 5.73 Å². The number of hydrogen-bond donors (Lipinski definition) is 1. The molecule has 0 spiro atoms. The Morgan fingerprint density at radius 2 is 2.36 bits per heavy atom. The number of nitrogens with zero attached hydrogens (tertiary/aromatic N) is 1. The summed E-state index contributed by atoms with van der Waals surface area (Å²) in [7, 11) is 0. The van der Waals surface area contributed by atoms with Crippen molar-refractivity contribution >= 4 is 27.1 Å². The highest BCUT2D eigenvalue weighted by molar-refractivity contribution is 7.17. The highest BCUT2D eigenvalue weighted by Gasteiger charge is 2.08. The zero-order valence-corrected chi connectivity index (χ0v) is 8.69. The molecular formula is C11H10N2S. The quantitative estimate of drug-likeness (QED) is 0.723. The Hall–Kier alpha value is -1.53. The lowest BCUT2D eigenvalue weighted by Gasteiger charge is -2.07. The first-order valence-electron chi connectivity index (χ1n) is 4.36. The van der Waals surface area contributed by atoms with Gasteiger partial charge in [-0.15, -0.1) is 11.3 Å². The van der Waals surface area contributed by atoms with Gasteiger partial charge in [0, 0.05) is 10.4 Å². The van der Waals surface area contributed by atoms with E-state index in [2.05, 4.69) is 12.1 Å². The van der Waals surface area contributed by atoms with E-state index < -0.39 is 0 Å². The normalized spacial score (nSPS) is 10.3. The number of aryl methyl sites for hydroxylation is 1. The Morgan fingerprint density at radius 3 is 3.07 bits per heavy atom. The van der Waals surface area contributed by atoms with E-state index in [1.807, 2.05) is 18.4 Å². The molecule has 0 fully saturated rings. The van der Waals surface area contributed by atoms with Gasteiger partial charge in [-0.25, -0.2) is 0 Å². The van der Waals surface area contributed by atoms with E-state index in [-0.39, 0.29) is 0 Å². The zero-order chi connectivity index (χ0) is 10.1. The van der Waals surface area contributed by atoms with Crippen LogP contribution in [0.15, 0.2) is 17.5 Å². The fourth-order valence-corrected chi connectivity index (χ4v) is 2.56. The second-order valence-electron chi connectivity index (χ2n) is 3.24. The zero-order valence-electron chi connectivity index (χ0n) is 7.87. The molecule has 0 saturated carbocycles. The first-order valence-corrected chi connectivity index (χ1v) is 5.24. The summed E-state index contributed by atoms with van der Waals surface area (Å²) < 4.78 is 1.20. The molecule has 14 heavy (non-hydrogen) atoms. The molecule has 70 valence electrons. The predicted molar refractivity (Wildman–Crippen MR) is 60.3 cm³/mol. The molecule has 2 rings (SSSR count). The third-order valence-corrected chi connectivity index (χ3v) is 3.31. The number of rotatable bonds is 1. The molecule has 0 radical (unpaired) electrons. The molecule has 0 aliphatic carbocycles. The van der Waals surface area contributed by atoms with Gasteiger partial charge in [0.15, 0.2) is 0 Å². The molecule has 2 aromatic rings. The van der Waals surface area contributed by atoms with Crippen LogP contribution in [0.3, 0.4) is 0 Å². The maximum atomic E-state index is 8.69. The van der Waals surface area contributed by atoms with E-state index in [9.17, 15) is 0 Å². The average molecular weight is 202 g/mol. The molecule has 3 heteroatoms. The smallest absolute Gasteiger partial charge is 0.0670 e. The van der Waals surface area contributed by atoms with Crippen LogP contribution in [0, 0.1) is 18.3 Å². The number of nitrogens with two attached hydrogens (primary N) is 1. The molecule has 0 bridgehead atoms. The van der Waals surface area contributed by atoms with E-state index in [4.69, 9.17) is 11.0 Å². The number of fused-ring (bicyclic) bond motifs is 1. The first kappa shape index (κ1) is 9.04. The fraction of sp³-hybridized carbons (Fsp3) is 0.182. The van der Waals surface area contributed by atoms with Crippen molar-refractivity contribution < 1.29 is 0 Å². The molecular weight excluding hydrogens is 192 g/mol. The van der Waals surface area contributed by atoms with Gasteiger partial charge in [0.1, 0.15) is 0 Å². The van der Waals surface area contributed by atoms with Gasteiger partial charge in [0.25, 0.3) is 0 Å². The van der Waals surface area contributed by atoms with Gasteiger partial charge in [-0.05, 0) is 40.9 Å². The molecule has 2 nitrogen and oxygen atoms in total. The SMILES string of the molecule is Cc1c(CC#N)c(N)cc2sccc12. The molecule has 1 aromatic heterocycles. The van der Waals surface area contributed by atoms with Crippen LogP contribution in [0.4, 0.5) is 5.69 Å². The Balaban J connectivity index is 2.77. The number of benzene rings is 1. The Labute approximate surface area is 86.6 Å². The van der Waals surface area contributed by atoms with Crippen LogP contribution in [0.1, 0.15) is 11.1 Å². The van der Waals surface area contributed by atoms with Gasteiger partial charge in [0.2, 0.25) is 0 Å². The number of hydrogen-bond acceptors (Lipinski definition) is 3. The highest BCUT2D eigenvalue weighted by atomic mass is 32.1. The van der Waals surface area contributed by atoms with Crippen LogP contribution in [0.25, 0.3) is 10.1 Å². The van der Waals surface area contributed by atoms with Gasteiger partial charge in [-0.1, -0.05) is 0 Å². The van der Waals surface area contributed by atoms with Crippen molar-refractivity contribution in [2.75, 3.05) is 5.73 Å². The molecule has 0 saturated heterocycles. The maximum Gasteiger partial charge on any atom is 0.0670 e. The number of nitrogen functional groups attached to an aromatic ring is 1. The standard InChI is InChI=1S/C11H10N2S/c1-7-8(2-4-12)10(13)6-11-9(7)3-5-14-11/h3,5-6H,2,13H2,1H3. The highest BCUT2D eigenvalue weighted by Crippen LogP contribution is 2.30. The second kappa shape index (κ2) is 3.32. The van der Waals surface area contributed by atoms with Crippen LogP contribution in [0.5, 0.6) is 0 Å². The minimum absolute atomic E-state index is 0.392. The van der Waals surface area contributed by atoms with E-state index in [0.29, 0.717) is 6.42 Å². The lowest BCUT2D eigenvalue weighted by Crippen LogP contribution is -1.96. The largest absolute Gasteiger partial charge is 0.398 e. The Bertz CT molecular complexity index is 520. The van der Waals surface area contributed by atoms with Crippen LogP contribution < -0.4 is 5.73 Å². The van der Waals surface area contributed by atoms with Gasteiger partial charge in [0.05, 0.1) is 12.5 Å². The van der Waals surface area contributed by atoms with Crippen molar-refractivity contribution in [2.45, 2.75) is 13.3 Å². The second-order valence-corrected chi connectivity index (χ2v) is 4.18. The summed E-state index contributed by atoms with van der Waals surface area (Å²) >= 11 is 1.68. The van der Waals surface area contributed by atoms with Crippen molar-refractivity contribution in [3.63, 3.8) is 0 Å². The number of anilines is 1. The summed E-state index contributed by atoms with van der Waals surface area (Å²) in [5, 5.41) is 12.0. The van der Waals surface area contributed by atoms with E-state index in [1.165, 1.54) is 10.1 Å². The van der Waals surface area contributed by atoms with Gasteiger partial charge >= 0.3 is 0 Å². The molecule has 2 N–H and O–H groups in total. The van der Waals surface area contributed by atoms with E-state index >= 15 is 0 Å².